The van der Waals surface area contributed by atoms with Gasteiger partial charge < -0.3 is 0 Å². The molecule has 0 saturated carbocycles. The number of nitrogens with one attached hydrogen (secondary N) is 1. The number of aryl methyl sites for hydroxylation is 1. The van der Waals surface area contributed by atoms with Gasteiger partial charge >= 0.3 is 0 Å². The maximum atomic E-state index is 14.0. The van der Waals surface area contributed by atoms with E-state index in [4.69, 9.17) is 5.84 Å². The summed E-state index contributed by atoms with van der Waals surface area (Å²) in [4.78, 5) is 0. The van der Waals surface area contributed by atoms with Gasteiger partial charge in [-0.05, 0) is 52.8 Å². The average molecular weight is 392 g/mol. The summed E-state index contributed by atoms with van der Waals surface area (Å²) in [5, 5.41) is 0. The van der Waals surface area contributed by atoms with Gasteiger partial charge in [-0.1, -0.05) is 18.2 Å². The van der Waals surface area contributed by atoms with Crippen molar-refractivity contribution in [3.8, 4) is 0 Å². The molecule has 0 heterocycles. The van der Waals surface area contributed by atoms with Crippen molar-refractivity contribution in [3.05, 3.63) is 68.0 Å². The lowest BCUT2D eigenvalue weighted by molar-refractivity contribution is 0.478. The molecular formula is C14H12F3IN2. The first-order chi connectivity index (χ1) is 9.45. The van der Waals surface area contributed by atoms with Crippen LogP contribution in [0.1, 0.15) is 22.7 Å². The summed E-state index contributed by atoms with van der Waals surface area (Å²) in [6.07, 6.45) is 0. The van der Waals surface area contributed by atoms with Crippen LogP contribution in [0, 0.1) is 27.9 Å². The molecule has 2 aromatic carbocycles. The van der Waals surface area contributed by atoms with E-state index >= 15 is 0 Å². The van der Waals surface area contributed by atoms with Gasteiger partial charge in [0.2, 0.25) is 0 Å². The summed E-state index contributed by atoms with van der Waals surface area (Å²) in [5.74, 6) is 3.21. The molecule has 2 aromatic rings. The van der Waals surface area contributed by atoms with Crippen LogP contribution < -0.4 is 11.3 Å². The highest BCUT2D eigenvalue weighted by molar-refractivity contribution is 14.1. The van der Waals surface area contributed by atoms with Gasteiger partial charge in [0.25, 0.3) is 0 Å². The van der Waals surface area contributed by atoms with Gasteiger partial charge in [-0.3, -0.25) is 5.84 Å². The van der Waals surface area contributed by atoms with Gasteiger partial charge in [-0.15, -0.1) is 0 Å². The van der Waals surface area contributed by atoms with E-state index in [0.717, 1.165) is 0 Å². The molecular weight excluding hydrogens is 380 g/mol. The number of hydrazine groups is 1. The summed E-state index contributed by atoms with van der Waals surface area (Å²) < 4.78 is 41.4. The third-order valence-electron chi connectivity index (χ3n) is 3.06. The number of hydrogen-bond donors (Lipinski definition) is 2. The van der Waals surface area contributed by atoms with Crippen LogP contribution in [0.5, 0.6) is 0 Å². The van der Waals surface area contributed by atoms with Crippen LogP contribution in [0.3, 0.4) is 0 Å². The third-order valence-corrected chi connectivity index (χ3v) is 3.99. The summed E-state index contributed by atoms with van der Waals surface area (Å²) in [6, 6.07) is 6.26. The van der Waals surface area contributed by atoms with E-state index in [0.29, 0.717) is 9.13 Å². The molecule has 3 N–H and O–H groups in total. The van der Waals surface area contributed by atoms with Crippen molar-refractivity contribution in [2.45, 2.75) is 13.0 Å². The van der Waals surface area contributed by atoms with Crippen molar-refractivity contribution in [3.63, 3.8) is 0 Å². The highest BCUT2D eigenvalue weighted by Crippen LogP contribution is 2.29. The predicted octanol–water partition coefficient (Wildman–Crippen LogP) is 3.57. The van der Waals surface area contributed by atoms with Gasteiger partial charge in [0, 0.05) is 9.13 Å². The first-order valence-electron chi connectivity index (χ1n) is 5.81. The standard InChI is InChI=1S/C14H12F3IN2/c1-7-2-4-10(13(17)12(7)16)14(20-19)9-5-3-8(15)6-11(9)18/h2-6,14,20H,19H2,1H3. The van der Waals surface area contributed by atoms with Crippen LogP contribution in [0.4, 0.5) is 13.2 Å². The smallest absolute Gasteiger partial charge is 0.164 e. The molecule has 0 amide bonds. The van der Waals surface area contributed by atoms with Crippen LogP contribution in [-0.2, 0) is 0 Å². The maximum Gasteiger partial charge on any atom is 0.164 e. The van der Waals surface area contributed by atoms with Crippen LogP contribution in [-0.4, -0.2) is 0 Å². The molecule has 0 fully saturated rings. The predicted molar refractivity (Wildman–Crippen MR) is 79.4 cm³/mol. The Morgan fingerprint density at radius 3 is 2.30 bits per heavy atom. The first kappa shape index (κ1) is 15.3. The van der Waals surface area contributed by atoms with E-state index in [1.165, 1.54) is 37.3 Å². The Hall–Kier alpha value is -1.12. The highest BCUT2D eigenvalue weighted by Gasteiger charge is 2.22. The van der Waals surface area contributed by atoms with E-state index in [1.54, 1.807) is 0 Å². The lowest BCUT2D eigenvalue weighted by Crippen LogP contribution is -2.30. The molecule has 0 saturated heterocycles. The fraction of sp³-hybridized carbons (Fsp3) is 0.143. The Labute approximate surface area is 128 Å². The van der Waals surface area contributed by atoms with Crippen molar-refractivity contribution < 1.29 is 13.2 Å². The summed E-state index contributed by atoms with van der Waals surface area (Å²) in [7, 11) is 0. The number of rotatable bonds is 3. The third kappa shape index (κ3) is 2.82. The van der Waals surface area contributed by atoms with Gasteiger partial charge in [0.05, 0.1) is 6.04 Å². The SMILES string of the molecule is Cc1ccc(C(NN)c2ccc(F)cc2I)c(F)c1F. The minimum Gasteiger partial charge on any atom is -0.271 e. The molecule has 0 aliphatic heterocycles. The second-order valence-corrected chi connectivity index (χ2v) is 5.53. The van der Waals surface area contributed by atoms with Gasteiger partial charge in [-0.25, -0.2) is 18.6 Å². The quantitative estimate of drug-likeness (QED) is 0.476. The molecule has 0 radical (unpaired) electrons. The summed E-state index contributed by atoms with van der Waals surface area (Å²) in [5.41, 5.74) is 3.33. The largest absolute Gasteiger partial charge is 0.271 e. The number of nitrogens with two attached hydrogens (primary N) is 1. The van der Waals surface area contributed by atoms with Crippen LogP contribution in [0.15, 0.2) is 30.3 Å². The normalized spacial score (nSPS) is 12.5. The molecule has 20 heavy (non-hydrogen) atoms. The molecule has 1 unspecified atom stereocenters. The maximum absolute atomic E-state index is 14.0. The monoisotopic (exact) mass is 392 g/mol. The Morgan fingerprint density at radius 1 is 1.05 bits per heavy atom. The van der Waals surface area contributed by atoms with Crippen molar-refractivity contribution in [1.82, 2.24) is 5.43 Å². The lowest BCUT2D eigenvalue weighted by atomic mass is 9.97. The fourth-order valence-corrected chi connectivity index (χ4v) is 2.76. The van der Waals surface area contributed by atoms with E-state index in [-0.39, 0.29) is 11.1 Å². The molecule has 0 aromatic heterocycles. The lowest BCUT2D eigenvalue weighted by Gasteiger charge is -2.19. The van der Waals surface area contributed by atoms with E-state index in [1.807, 2.05) is 22.6 Å². The summed E-state index contributed by atoms with van der Waals surface area (Å²) in [6.45, 7) is 1.48. The first-order valence-corrected chi connectivity index (χ1v) is 6.89. The molecule has 2 nitrogen and oxygen atoms in total. The average Bonchev–Trinajstić information content (AvgIpc) is 2.41. The Morgan fingerprint density at radius 2 is 1.70 bits per heavy atom. The van der Waals surface area contributed by atoms with E-state index in [9.17, 15) is 13.2 Å². The van der Waals surface area contributed by atoms with E-state index in [2.05, 4.69) is 5.43 Å². The van der Waals surface area contributed by atoms with E-state index < -0.39 is 23.5 Å². The molecule has 0 aliphatic carbocycles. The topological polar surface area (TPSA) is 38.0 Å². The fourth-order valence-electron chi connectivity index (χ4n) is 1.97. The molecule has 6 heteroatoms. The number of hydrogen-bond acceptors (Lipinski definition) is 2. The van der Waals surface area contributed by atoms with Gasteiger partial charge in [-0.2, -0.15) is 0 Å². The Bertz CT molecular complexity index is 647. The minimum atomic E-state index is -0.951. The number of halogens is 4. The zero-order valence-corrected chi connectivity index (χ0v) is 12.7. The Balaban J connectivity index is 2.55. The molecule has 2 rings (SSSR count). The molecule has 0 spiro atoms. The molecule has 0 aliphatic rings. The minimum absolute atomic E-state index is 0.0834. The van der Waals surface area contributed by atoms with Gasteiger partial charge in [0.15, 0.2) is 11.6 Å². The van der Waals surface area contributed by atoms with Crippen molar-refractivity contribution in [2.75, 3.05) is 0 Å². The highest BCUT2D eigenvalue weighted by atomic mass is 127. The van der Waals surface area contributed by atoms with Gasteiger partial charge in [0.1, 0.15) is 5.82 Å². The van der Waals surface area contributed by atoms with Crippen LogP contribution in [0.25, 0.3) is 0 Å². The molecule has 106 valence electrons. The zero-order valence-electron chi connectivity index (χ0n) is 10.6. The zero-order chi connectivity index (χ0) is 14.9. The van der Waals surface area contributed by atoms with Crippen LogP contribution >= 0.6 is 22.6 Å². The molecule has 1 atom stereocenters. The van der Waals surface area contributed by atoms with Crippen LogP contribution in [0.2, 0.25) is 0 Å². The van der Waals surface area contributed by atoms with Crippen molar-refractivity contribution in [2.24, 2.45) is 5.84 Å². The van der Waals surface area contributed by atoms with Crippen molar-refractivity contribution >= 4 is 22.6 Å². The summed E-state index contributed by atoms with van der Waals surface area (Å²) >= 11 is 1.93. The second-order valence-electron chi connectivity index (χ2n) is 4.37. The second kappa shape index (κ2) is 6.11. The Kier molecular flexibility index (Phi) is 4.66. The molecule has 0 bridgehead atoms. The number of benzene rings is 2. The van der Waals surface area contributed by atoms with Crippen molar-refractivity contribution in [1.29, 1.82) is 0 Å².